The van der Waals surface area contributed by atoms with Gasteiger partial charge >= 0.3 is 0 Å². The third kappa shape index (κ3) is 3.07. The molecule has 0 amide bonds. The fourth-order valence-corrected chi connectivity index (χ4v) is 1.30. The normalized spacial score (nSPS) is 12.8. The number of aromatic hydroxyl groups is 1. The Morgan fingerprint density at radius 1 is 1.46 bits per heavy atom. The van der Waals surface area contributed by atoms with Gasteiger partial charge in [-0.1, -0.05) is 17.7 Å². The number of nitrogens with two attached hydrogens (primary N) is 1. The van der Waals surface area contributed by atoms with Gasteiger partial charge in [0, 0.05) is 6.04 Å². The monoisotopic (exact) mass is 179 g/mol. The first-order chi connectivity index (χ1) is 6.09. The summed E-state index contributed by atoms with van der Waals surface area (Å²) in [6, 6.07) is 5.86. The van der Waals surface area contributed by atoms with Crippen LogP contribution in [0.15, 0.2) is 18.2 Å². The summed E-state index contributed by atoms with van der Waals surface area (Å²) in [5, 5.41) is 9.51. The van der Waals surface area contributed by atoms with Gasteiger partial charge in [0.1, 0.15) is 5.75 Å². The van der Waals surface area contributed by atoms with E-state index in [0.717, 1.165) is 18.4 Å². The van der Waals surface area contributed by atoms with Crippen molar-refractivity contribution in [1.29, 1.82) is 0 Å². The molecule has 1 atom stereocenters. The molecule has 0 radical (unpaired) electrons. The Morgan fingerprint density at radius 3 is 2.77 bits per heavy atom. The van der Waals surface area contributed by atoms with Crippen molar-refractivity contribution in [2.24, 2.45) is 5.73 Å². The second-order valence-corrected chi connectivity index (χ2v) is 3.65. The molecule has 2 nitrogen and oxygen atoms in total. The second-order valence-electron chi connectivity index (χ2n) is 3.65. The van der Waals surface area contributed by atoms with Crippen LogP contribution in [-0.4, -0.2) is 11.1 Å². The predicted molar refractivity (Wildman–Crippen MR) is 54.8 cm³/mol. The molecule has 0 spiro atoms. The highest BCUT2D eigenvalue weighted by Gasteiger charge is 2.02. The zero-order valence-electron chi connectivity index (χ0n) is 8.25. The topological polar surface area (TPSA) is 46.2 Å². The van der Waals surface area contributed by atoms with E-state index in [9.17, 15) is 5.11 Å². The SMILES string of the molecule is Cc1ccc(O)c(CC[C@@H](C)N)c1. The molecule has 0 aliphatic carbocycles. The number of rotatable bonds is 3. The molecule has 0 saturated carbocycles. The maximum absolute atomic E-state index is 9.51. The first-order valence-electron chi connectivity index (χ1n) is 4.63. The highest BCUT2D eigenvalue weighted by molar-refractivity contribution is 5.35. The molecular formula is C11H17NO. The van der Waals surface area contributed by atoms with Crippen LogP contribution in [0.2, 0.25) is 0 Å². The van der Waals surface area contributed by atoms with Crippen molar-refractivity contribution in [3.05, 3.63) is 29.3 Å². The van der Waals surface area contributed by atoms with Gasteiger partial charge in [-0.25, -0.2) is 0 Å². The van der Waals surface area contributed by atoms with E-state index in [1.165, 1.54) is 5.56 Å². The maximum atomic E-state index is 9.51. The second kappa shape index (κ2) is 4.28. The van der Waals surface area contributed by atoms with Crippen molar-refractivity contribution in [2.45, 2.75) is 32.7 Å². The smallest absolute Gasteiger partial charge is 0.118 e. The van der Waals surface area contributed by atoms with Crippen molar-refractivity contribution in [3.63, 3.8) is 0 Å². The van der Waals surface area contributed by atoms with Gasteiger partial charge in [0.25, 0.3) is 0 Å². The molecule has 0 heterocycles. The van der Waals surface area contributed by atoms with E-state index in [2.05, 4.69) is 0 Å². The molecule has 72 valence electrons. The van der Waals surface area contributed by atoms with Gasteiger partial charge in [-0.2, -0.15) is 0 Å². The first kappa shape index (κ1) is 10.1. The minimum Gasteiger partial charge on any atom is -0.508 e. The Balaban J connectivity index is 2.70. The number of phenols is 1. The van der Waals surface area contributed by atoms with Gasteiger partial charge in [0.05, 0.1) is 0 Å². The predicted octanol–water partition coefficient (Wildman–Crippen LogP) is 1.98. The van der Waals surface area contributed by atoms with Gasteiger partial charge < -0.3 is 10.8 Å². The summed E-state index contributed by atoms with van der Waals surface area (Å²) in [5.74, 6) is 0.381. The van der Waals surface area contributed by atoms with E-state index in [1.807, 2.05) is 26.0 Å². The molecule has 0 aliphatic heterocycles. The van der Waals surface area contributed by atoms with Crippen molar-refractivity contribution in [3.8, 4) is 5.75 Å². The largest absolute Gasteiger partial charge is 0.508 e. The summed E-state index contributed by atoms with van der Waals surface area (Å²) in [5.41, 5.74) is 7.82. The van der Waals surface area contributed by atoms with Crippen molar-refractivity contribution in [1.82, 2.24) is 0 Å². The lowest BCUT2D eigenvalue weighted by molar-refractivity contribution is 0.465. The fraction of sp³-hybridized carbons (Fsp3) is 0.455. The summed E-state index contributed by atoms with van der Waals surface area (Å²) in [6.45, 7) is 4.00. The average Bonchev–Trinajstić information content (AvgIpc) is 2.06. The van der Waals surface area contributed by atoms with Crippen LogP contribution in [0.1, 0.15) is 24.5 Å². The van der Waals surface area contributed by atoms with E-state index in [1.54, 1.807) is 6.07 Å². The van der Waals surface area contributed by atoms with Gasteiger partial charge in [-0.05, 0) is 38.3 Å². The average molecular weight is 179 g/mol. The lowest BCUT2D eigenvalue weighted by Crippen LogP contribution is -2.15. The third-order valence-corrected chi connectivity index (χ3v) is 2.10. The summed E-state index contributed by atoms with van der Waals surface area (Å²) < 4.78 is 0. The summed E-state index contributed by atoms with van der Waals surface area (Å²) >= 11 is 0. The maximum Gasteiger partial charge on any atom is 0.118 e. The van der Waals surface area contributed by atoms with Gasteiger partial charge in [0.15, 0.2) is 0 Å². The van der Waals surface area contributed by atoms with Crippen LogP contribution >= 0.6 is 0 Å². The molecule has 0 bridgehead atoms. The number of phenolic OH excluding ortho intramolecular Hbond substituents is 1. The molecule has 13 heavy (non-hydrogen) atoms. The Labute approximate surface area is 79.4 Å². The standard InChI is InChI=1S/C11H17NO/c1-8-3-6-11(13)10(7-8)5-4-9(2)12/h3,6-7,9,13H,4-5,12H2,1-2H3/t9-/m1/s1. The van der Waals surface area contributed by atoms with E-state index in [4.69, 9.17) is 5.73 Å². The van der Waals surface area contributed by atoms with Gasteiger partial charge in [0.2, 0.25) is 0 Å². The zero-order valence-corrected chi connectivity index (χ0v) is 8.25. The molecule has 0 fully saturated rings. The fourth-order valence-electron chi connectivity index (χ4n) is 1.30. The Kier molecular flexibility index (Phi) is 3.32. The van der Waals surface area contributed by atoms with Crippen LogP contribution in [0, 0.1) is 6.92 Å². The van der Waals surface area contributed by atoms with E-state index in [0.29, 0.717) is 5.75 Å². The van der Waals surface area contributed by atoms with Crippen LogP contribution < -0.4 is 5.73 Å². The highest BCUT2D eigenvalue weighted by Crippen LogP contribution is 2.19. The molecule has 0 saturated heterocycles. The summed E-state index contributed by atoms with van der Waals surface area (Å²) in [6.07, 6.45) is 1.77. The first-order valence-corrected chi connectivity index (χ1v) is 4.63. The number of hydrogen-bond donors (Lipinski definition) is 2. The Bertz CT molecular complexity index is 281. The lowest BCUT2D eigenvalue weighted by Gasteiger charge is -2.07. The van der Waals surface area contributed by atoms with Crippen LogP contribution in [0.25, 0.3) is 0 Å². The molecule has 1 aromatic carbocycles. The van der Waals surface area contributed by atoms with Crippen LogP contribution in [-0.2, 0) is 6.42 Å². The molecule has 1 rings (SSSR count). The zero-order chi connectivity index (χ0) is 9.84. The summed E-state index contributed by atoms with van der Waals surface area (Å²) in [4.78, 5) is 0. The van der Waals surface area contributed by atoms with Crippen molar-refractivity contribution >= 4 is 0 Å². The van der Waals surface area contributed by atoms with Crippen LogP contribution in [0.4, 0.5) is 0 Å². The molecule has 2 heteroatoms. The molecule has 3 N–H and O–H groups in total. The number of aryl methyl sites for hydroxylation is 2. The Morgan fingerprint density at radius 2 is 2.15 bits per heavy atom. The summed E-state index contributed by atoms with van der Waals surface area (Å²) in [7, 11) is 0. The third-order valence-electron chi connectivity index (χ3n) is 2.10. The van der Waals surface area contributed by atoms with E-state index < -0.39 is 0 Å². The Hall–Kier alpha value is -1.02. The van der Waals surface area contributed by atoms with Crippen LogP contribution in [0.3, 0.4) is 0 Å². The quantitative estimate of drug-likeness (QED) is 0.745. The molecule has 0 unspecified atom stereocenters. The van der Waals surface area contributed by atoms with E-state index in [-0.39, 0.29) is 6.04 Å². The molecular weight excluding hydrogens is 162 g/mol. The number of benzene rings is 1. The minimum atomic E-state index is 0.194. The van der Waals surface area contributed by atoms with Gasteiger partial charge in [-0.3, -0.25) is 0 Å². The van der Waals surface area contributed by atoms with Gasteiger partial charge in [-0.15, -0.1) is 0 Å². The highest BCUT2D eigenvalue weighted by atomic mass is 16.3. The minimum absolute atomic E-state index is 0.194. The van der Waals surface area contributed by atoms with Crippen molar-refractivity contribution in [2.75, 3.05) is 0 Å². The number of hydrogen-bond acceptors (Lipinski definition) is 2. The lowest BCUT2D eigenvalue weighted by atomic mass is 10.0. The van der Waals surface area contributed by atoms with Crippen molar-refractivity contribution < 1.29 is 5.11 Å². The van der Waals surface area contributed by atoms with E-state index >= 15 is 0 Å². The van der Waals surface area contributed by atoms with Crippen LogP contribution in [0.5, 0.6) is 5.75 Å². The molecule has 0 aromatic heterocycles. The molecule has 0 aliphatic rings. The molecule has 1 aromatic rings.